The van der Waals surface area contributed by atoms with Crippen LogP contribution in [0.15, 0.2) is 24.3 Å². The summed E-state index contributed by atoms with van der Waals surface area (Å²) in [5, 5.41) is 3.51. The molecule has 1 N–H and O–H groups in total. The van der Waals surface area contributed by atoms with Crippen molar-refractivity contribution in [2.45, 2.75) is 44.9 Å². The first-order chi connectivity index (χ1) is 9.99. The van der Waals surface area contributed by atoms with E-state index in [0.29, 0.717) is 12.6 Å². The average Bonchev–Trinajstić information content (AvgIpc) is 2.46. The van der Waals surface area contributed by atoms with Crippen LogP contribution in [0.1, 0.15) is 37.3 Å². The highest BCUT2D eigenvalue weighted by Gasteiger charge is 2.30. The van der Waals surface area contributed by atoms with Gasteiger partial charge in [-0.3, -0.25) is 4.90 Å². The summed E-state index contributed by atoms with van der Waals surface area (Å²) in [7, 11) is 0. The molecule has 1 aromatic rings. The fraction of sp³-hybridized carbons (Fsp3) is 0.625. The van der Waals surface area contributed by atoms with Crippen LogP contribution in [0.4, 0.5) is 13.2 Å². The van der Waals surface area contributed by atoms with E-state index in [4.69, 9.17) is 0 Å². The summed E-state index contributed by atoms with van der Waals surface area (Å²) in [6, 6.07) is 6.22. The van der Waals surface area contributed by atoms with Crippen LogP contribution in [0.25, 0.3) is 0 Å². The van der Waals surface area contributed by atoms with Gasteiger partial charge in [0.1, 0.15) is 0 Å². The number of hydrogen-bond donors (Lipinski definition) is 1. The van der Waals surface area contributed by atoms with Crippen LogP contribution in [-0.4, -0.2) is 30.6 Å². The molecule has 2 rings (SSSR count). The molecule has 0 bridgehead atoms. The summed E-state index contributed by atoms with van der Waals surface area (Å²) < 4.78 is 38.1. The van der Waals surface area contributed by atoms with Crippen LogP contribution in [0.3, 0.4) is 0 Å². The fourth-order valence-electron chi connectivity index (χ4n) is 2.75. The summed E-state index contributed by atoms with van der Waals surface area (Å²) in [6.45, 7) is 5.67. The number of rotatable bonds is 5. The lowest BCUT2D eigenvalue weighted by atomic mass is 10.0. The van der Waals surface area contributed by atoms with E-state index in [2.05, 4.69) is 17.1 Å². The van der Waals surface area contributed by atoms with Crippen molar-refractivity contribution in [2.24, 2.45) is 0 Å². The van der Waals surface area contributed by atoms with Gasteiger partial charge in [0, 0.05) is 12.6 Å². The lowest BCUT2D eigenvalue weighted by molar-refractivity contribution is -0.137. The summed E-state index contributed by atoms with van der Waals surface area (Å²) in [5.74, 6) is 0. The first kappa shape index (κ1) is 16.3. The maximum Gasteiger partial charge on any atom is 0.416 e. The van der Waals surface area contributed by atoms with Crippen molar-refractivity contribution in [3.8, 4) is 0 Å². The summed E-state index contributed by atoms with van der Waals surface area (Å²) in [4.78, 5) is 2.24. The maximum atomic E-state index is 12.7. The number of benzene rings is 1. The minimum Gasteiger partial charge on any atom is -0.314 e. The number of hydrogen-bond acceptors (Lipinski definition) is 2. The number of piperidine rings is 1. The minimum absolute atomic E-state index is 0.556. The third-order valence-corrected chi connectivity index (χ3v) is 3.93. The lowest BCUT2D eigenvalue weighted by Crippen LogP contribution is -2.42. The Morgan fingerprint density at radius 1 is 1.24 bits per heavy atom. The van der Waals surface area contributed by atoms with E-state index in [-0.39, 0.29) is 0 Å². The predicted molar refractivity (Wildman–Crippen MR) is 78.0 cm³/mol. The lowest BCUT2D eigenvalue weighted by Gasteiger charge is -2.32. The number of nitrogens with zero attached hydrogens (tertiary/aromatic N) is 1. The molecule has 1 heterocycles. The molecule has 0 amide bonds. The Morgan fingerprint density at radius 3 is 2.57 bits per heavy atom. The molecule has 0 aromatic heterocycles. The Bertz CT molecular complexity index is 437. The van der Waals surface area contributed by atoms with Gasteiger partial charge in [-0.05, 0) is 50.5 Å². The smallest absolute Gasteiger partial charge is 0.314 e. The first-order valence-electron chi connectivity index (χ1n) is 7.61. The number of likely N-dealkylation sites (tertiary alicyclic amines) is 1. The average molecular weight is 300 g/mol. The van der Waals surface area contributed by atoms with Gasteiger partial charge in [-0.15, -0.1) is 0 Å². The van der Waals surface area contributed by atoms with Crippen LogP contribution >= 0.6 is 0 Å². The molecule has 1 aliphatic heterocycles. The Morgan fingerprint density at radius 2 is 1.95 bits per heavy atom. The molecule has 2 nitrogen and oxygen atoms in total. The van der Waals surface area contributed by atoms with Crippen molar-refractivity contribution >= 4 is 0 Å². The highest BCUT2D eigenvalue weighted by Crippen LogP contribution is 2.29. The summed E-state index contributed by atoms with van der Waals surface area (Å²) >= 11 is 0. The molecule has 0 aliphatic carbocycles. The summed E-state index contributed by atoms with van der Waals surface area (Å²) in [5.41, 5.74) is 0.185. The monoisotopic (exact) mass is 300 g/mol. The van der Waals surface area contributed by atoms with Gasteiger partial charge >= 0.3 is 6.18 Å². The normalized spacial score (nSPS) is 18.1. The molecule has 0 radical (unpaired) electrons. The number of nitrogens with one attached hydrogen (secondary N) is 1. The molecular formula is C16H23F3N2. The third-order valence-electron chi connectivity index (χ3n) is 3.93. The van der Waals surface area contributed by atoms with Crippen LogP contribution in [0.2, 0.25) is 0 Å². The second-order valence-electron chi connectivity index (χ2n) is 5.70. The van der Waals surface area contributed by atoms with Crippen molar-refractivity contribution in [2.75, 3.05) is 19.6 Å². The van der Waals surface area contributed by atoms with Gasteiger partial charge in [-0.2, -0.15) is 13.2 Å². The SMILES string of the molecule is CCCNC1CCN(Cc2cccc(C(F)(F)F)c2)CC1. The Balaban J connectivity index is 1.86. The predicted octanol–water partition coefficient (Wildman–Crippen LogP) is 3.67. The number of alkyl halides is 3. The van der Waals surface area contributed by atoms with E-state index in [9.17, 15) is 13.2 Å². The second-order valence-corrected chi connectivity index (χ2v) is 5.70. The molecule has 5 heteroatoms. The molecule has 1 saturated heterocycles. The standard InChI is InChI=1S/C16H23F3N2/c1-2-8-20-15-6-9-21(10-7-15)12-13-4-3-5-14(11-13)16(17,18)19/h3-5,11,15,20H,2,6-10,12H2,1H3. The van der Waals surface area contributed by atoms with Gasteiger partial charge in [0.05, 0.1) is 5.56 Å². The first-order valence-corrected chi connectivity index (χ1v) is 7.61. The van der Waals surface area contributed by atoms with Crippen molar-refractivity contribution in [3.63, 3.8) is 0 Å². The quantitative estimate of drug-likeness (QED) is 0.892. The van der Waals surface area contributed by atoms with Gasteiger partial charge in [-0.1, -0.05) is 25.1 Å². The van der Waals surface area contributed by atoms with Gasteiger partial charge in [0.15, 0.2) is 0 Å². The Labute approximate surface area is 124 Å². The third kappa shape index (κ3) is 5.00. The fourth-order valence-corrected chi connectivity index (χ4v) is 2.75. The topological polar surface area (TPSA) is 15.3 Å². The van der Waals surface area contributed by atoms with Crippen molar-refractivity contribution < 1.29 is 13.2 Å². The minimum atomic E-state index is -4.26. The van der Waals surface area contributed by atoms with E-state index in [1.54, 1.807) is 6.07 Å². The molecular weight excluding hydrogens is 277 g/mol. The highest BCUT2D eigenvalue weighted by molar-refractivity contribution is 5.25. The van der Waals surface area contributed by atoms with E-state index >= 15 is 0 Å². The van der Waals surface area contributed by atoms with Crippen LogP contribution < -0.4 is 5.32 Å². The second kappa shape index (κ2) is 7.27. The van der Waals surface area contributed by atoms with Crippen molar-refractivity contribution in [1.29, 1.82) is 0 Å². The number of halogens is 3. The Hall–Kier alpha value is -1.07. The highest BCUT2D eigenvalue weighted by atomic mass is 19.4. The van der Waals surface area contributed by atoms with Crippen molar-refractivity contribution in [1.82, 2.24) is 10.2 Å². The molecule has 21 heavy (non-hydrogen) atoms. The molecule has 118 valence electrons. The van der Waals surface area contributed by atoms with Crippen LogP contribution in [0, 0.1) is 0 Å². The van der Waals surface area contributed by atoms with Crippen molar-refractivity contribution in [3.05, 3.63) is 35.4 Å². The van der Waals surface area contributed by atoms with E-state index in [1.165, 1.54) is 12.1 Å². The van der Waals surface area contributed by atoms with Crippen LogP contribution in [-0.2, 0) is 12.7 Å². The van der Waals surface area contributed by atoms with Gasteiger partial charge in [-0.25, -0.2) is 0 Å². The zero-order chi connectivity index (χ0) is 15.3. The van der Waals surface area contributed by atoms with Gasteiger partial charge in [0.2, 0.25) is 0 Å². The van der Waals surface area contributed by atoms with Crippen LogP contribution in [0.5, 0.6) is 0 Å². The van der Waals surface area contributed by atoms with E-state index in [1.807, 2.05) is 0 Å². The van der Waals surface area contributed by atoms with Gasteiger partial charge in [0.25, 0.3) is 0 Å². The van der Waals surface area contributed by atoms with E-state index in [0.717, 1.165) is 50.5 Å². The molecule has 0 atom stereocenters. The zero-order valence-electron chi connectivity index (χ0n) is 12.4. The Kier molecular flexibility index (Phi) is 5.65. The van der Waals surface area contributed by atoms with E-state index < -0.39 is 11.7 Å². The summed E-state index contributed by atoms with van der Waals surface area (Å²) in [6.07, 6.45) is -0.991. The molecule has 1 fully saturated rings. The molecule has 0 saturated carbocycles. The molecule has 1 aliphatic rings. The zero-order valence-corrected chi connectivity index (χ0v) is 12.4. The maximum absolute atomic E-state index is 12.7. The molecule has 1 aromatic carbocycles. The molecule has 0 spiro atoms. The largest absolute Gasteiger partial charge is 0.416 e. The molecule has 0 unspecified atom stereocenters. The van der Waals surface area contributed by atoms with Gasteiger partial charge < -0.3 is 5.32 Å².